The zero-order valence-corrected chi connectivity index (χ0v) is 20.1. The molecule has 36 heavy (non-hydrogen) atoms. The van der Waals surface area contributed by atoms with Crippen LogP contribution in [-0.4, -0.2) is 39.8 Å². The summed E-state index contributed by atoms with van der Waals surface area (Å²) in [5.74, 6) is -0.131. The molecule has 1 amide bonds. The molecule has 0 aliphatic heterocycles. The average molecular weight is 485 g/mol. The number of carbonyl (C=O) groups is 2. The molecule has 3 N–H and O–H groups in total. The molecule has 0 aliphatic carbocycles. The van der Waals surface area contributed by atoms with E-state index in [1.54, 1.807) is 12.1 Å². The van der Waals surface area contributed by atoms with Gasteiger partial charge in [0.2, 0.25) is 11.8 Å². The fraction of sp³-hybridized carbons (Fsp3) is 0.214. The summed E-state index contributed by atoms with van der Waals surface area (Å²) in [5, 5.41) is 23.1. The number of nitrogens with one attached hydrogen (secondary N) is 2. The van der Waals surface area contributed by atoms with Gasteiger partial charge in [0.15, 0.2) is 0 Å². The number of aliphatic carboxylic acids is 1. The summed E-state index contributed by atoms with van der Waals surface area (Å²) in [6.07, 6.45) is 0.889. The summed E-state index contributed by atoms with van der Waals surface area (Å²) < 4.78 is 5.83. The van der Waals surface area contributed by atoms with Gasteiger partial charge in [0.25, 0.3) is 5.91 Å². The highest BCUT2D eigenvalue weighted by molar-refractivity contribution is 5.96. The topological polar surface area (TPSA) is 117 Å². The number of nitrogens with zero attached hydrogens (tertiary/aromatic N) is 2. The second kappa shape index (κ2) is 11.3. The Morgan fingerprint density at radius 3 is 2.08 bits per heavy atom. The highest BCUT2D eigenvalue weighted by Crippen LogP contribution is 2.24. The molecule has 8 heteroatoms. The van der Waals surface area contributed by atoms with Crippen molar-refractivity contribution in [1.29, 1.82) is 0 Å². The fourth-order valence-corrected chi connectivity index (χ4v) is 3.67. The van der Waals surface area contributed by atoms with Crippen LogP contribution in [-0.2, 0) is 11.2 Å². The van der Waals surface area contributed by atoms with Gasteiger partial charge in [0, 0.05) is 28.9 Å². The maximum absolute atomic E-state index is 12.1. The van der Waals surface area contributed by atoms with Gasteiger partial charge in [0.1, 0.15) is 6.04 Å². The summed E-state index contributed by atoms with van der Waals surface area (Å²) in [5.41, 5.74) is 4.28. The monoisotopic (exact) mass is 484 g/mol. The van der Waals surface area contributed by atoms with Crippen molar-refractivity contribution in [3.8, 4) is 22.9 Å². The Kier molecular flexibility index (Phi) is 7.75. The highest BCUT2D eigenvalue weighted by Gasteiger charge is 2.15. The molecule has 0 aliphatic rings. The van der Waals surface area contributed by atoms with E-state index in [9.17, 15) is 9.59 Å². The molecule has 184 valence electrons. The normalized spacial score (nSPS) is 12.5. The van der Waals surface area contributed by atoms with E-state index >= 15 is 0 Å². The zero-order chi connectivity index (χ0) is 25.5. The number of carboxylic acid groups (broad SMARTS) is 1. The Labute approximate surface area is 209 Å². The number of rotatable bonds is 10. The van der Waals surface area contributed by atoms with Gasteiger partial charge in [-0.2, -0.15) is 0 Å². The molecular weight excluding hydrogens is 456 g/mol. The third-order valence-corrected chi connectivity index (χ3v) is 5.75. The molecule has 0 spiro atoms. The van der Waals surface area contributed by atoms with Crippen LogP contribution in [0.2, 0.25) is 0 Å². The van der Waals surface area contributed by atoms with Crippen molar-refractivity contribution in [3.05, 3.63) is 90.0 Å². The molecule has 0 fully saturated rings. The van der Waals surface area contributed by atoms with Gasteiger partial charge in [-0.1, -0.05) is 37.3 Å². The molecule has 3 aromatic carbocycles. The van der Waals surface area contributed by atoms with E-state index in [0.717, 1.165) is 29.8 Å². The standard InChI is InChI=1S/C28H28N4O4/c1-18(17-29-24-14-12-21(13-15-24)25(33)30-19(2)28(34)35)16-20-8-10-23(11-9-20)27-32-31-26(36-27)22-6-4-3-5-7-22/h3-15,18-19,29H,16-17H2,1-2H3,(H,30,33)(H,34,35)/t18?,19-/m1/s1. The quantitative estimate of drug-likeness (QED) is 0.293. The van der Waals surface area contributed by atoms with E-state index in [2.05, 4.69) is 39.9 Å². The van der Waals surface area contributed by atoms with Gasteiger partial charge in [-0.3, -0.25) is 9.59 Å². The summed E-state index contributed by atoms with van der Waals surface area (Å²) in [4.78, 5) is 23.0. The first-order valence-electron chi connectivity index (χ1n) is 11.7. The Morgan fingerprint density at radius 2 is 1.47 bits per heavy atom. The van der Waals surface area contributed by atoms with E-state index < -0.39 is 17.9 Å². The van der Waals surface area contributed by atoms with Crippen molar-refractivity contribution in [1.82, 2.24) is 15.5 Å². The molecule has 0 bridgehead atoms. The minimum atomic E-state index is -1.07. The Balaban J connectivity index is 1.27. The predicted octanol–water partition coefficient (Wildman–Crippen LogP) is 4.90. The molecule has 4 aromatic rings. The van der Waals surface area contributed by atoms with E-state index in [0.29, 0.717) is 23.3 Å². The minimum Gasteiger partial charge on any atom is -0.480 e. The zero-order valence-electron chi connectivity index (χ0n) is 20.1. The Morgan fingerprint density at radius 1 is 0.861 bits per heavy atom. The van der Waals surface area contributed by atoms with Crippen LogP contribution in [0.3, 0.4) is 0 Å². The Bertz CT molecular complexity index is 1300. The number of benzene rings is 3. The van der Waals surface area contributed by atoms with E-state index in [1.165, 1.54) is 12.5 Å². The second-order valence-electron chi connectivity index (χ2n) is 8.78. The van der Waals surface area contributed by atoms with Crippen LogP contribution in [0, 0.1) is 5.92 Å². The minimum absolute atomic E-state index is 0.364. The van der Waals surface area contributed by atoms with Crippen LogP contribution in [0.4, 0.5) is 5.69 Å². The van der Waals surface area contributed by atoms with Gasteiger partial charge >= 0.3 is 5.97 Å². The van der Waals surface area contributed by atoms with Crippen molar-refractivity contribution >= 4 is 17.6 Å². The maximum Gasteiger partial charge on any atom is 0.325 e. The van der Waals surface area contributed by atoms with Gasteiger partial charge in [-0.15, -0.1) is 10.2 Å². The van der Waals surface area contributed by atoms with Crippen LogP contribution in [0.15, 0.2) is 83.3 Å². The number of hydrogen-bond acceptors (Lipinski definition) is 6. The lowest BCUT2D eigenvalue weighted by molar-refractivity contribution is -0.138. The summed E-state index contributed by atoms with van der Waals surface area (Å²) in [6.45, 7) is 4.35. The smallest absolute Gasteiger partial charge is 0.325 e. The SMILES string of the molecule is CC(CNc1ccc(C(=O)N[C@H](C)C(=O)O)cc1)Cc1ccc(-c2nnc(-c3ccccc3)o2)cc1. The largest absolute Gasteiger partial charge is 0.480 e. The first-order chi connectivity index (χ1) is 17.4. The summed E-state index contributed by atoms with van der Waals surface area (Å²) >= 11 is 0. The van der Waals surface area contributed by atoms with E-state index in [-0.39, 0.29) is 0 Å². The lowest BCUT2D eigenvalue weighted by atomic mass is 10.00. The van der Waals surface area contributed by atoms with Crippen LogP contribution in [0.1, 0.15) is 29.8 Å². The van der Waals surface area contributed by atoms with Crippen LogP contribution in [0.25, 0.3) is 22.9 Å². The molecule has 1 heterocycles. The third-order valence-electron chi connectivity index (χ3n) is 5.75. The van der Waals surface area contributed by atoms with Gasteiger partial charge < -0.3 is 20.2 Å². The van der Waals surface area contributed by atoms with Crippen LogP contribution in [0.5, 0.6) is 0 Å². The average Bonchev–Trinajstić information content (AvgIpc) is 3.39. The van der Waals surface area contributed by atoms with E-state index in [1.807, 2.05) is 54.6 Å². The number of amides is 1. The summed E-state index contributed by atoms with van der Waals surface area (Å²) in [6, 6.07) is 23.9. The van der Waals surface area contributed by atoms with Crippen molar-refractivity contribution < 1.29 is 19.1 Å². The maximum atomic E-state index is 12.1. The lowest BCUT2D eigenvalue weighted by Gasteiger charge is -2.14. The van der Waals surface area contributed by atoms with Gasteiger partial charge in [0.05, 0.1) is 0 Å². The third kappa shape index (κ3) is 6.35. The molecule has 1 aromatic heterocycles. The molecule has 0 saturated carbocycles. The number of hydrogen-bond donors (Lipinski definition) is 3. The number of anilines is 1. The van der Waals surface area contributed by atoms with Crippen LogP contribution >= 0.6 is 0 Å². The Hall–Kier alpha value is -4.46. The number of carboxylic acids is 1. The first-order valence-corrected chi connectivity index (χ1v) is 11.7. The summed E-state index contributed by atoms with van der Waals surface area (Å²) in [7, 11) is 0. The molecular formula is C28H28N4O4. The first kappa shape index (κ1) is 24.7. The lowest BCUT2D eigenvalue weighted by Crippen LogP contribution is -2.38. The van der Waals surface area contributed by atoms with Crippen molar-refractivity contribution in [2.24, 2.45) is 5.92 Å². The number of aromatic nitrogens is 2. The molecule has 0 radical (unpaired) electrons. The molecule has 1 unspecified atom stereocenters. The number of carbonyl (C=O) groups excluding carboxylic acids is 1. The van der Waals surface area contributed by atoms with Crippen LogP contribution < -0.4 is 10.6 Å². The fourth-order valence-electron chi connectivity index (χ4n) is 3.67. The van der Waals surface area contributed by atoms with Crippen molar-refractivity contribution in [2.45, 2.75) is 26.3 Å². The molecule has 0 saturated heterocycles. The van der Waals surface area contributed by atoms with Crippen molar-refractivity contribution in [2.75, 3.05) is 11.9 Å². The highest BCUT2D eigenvalue weighted by atomic mass is 16.4. The van der Waals surface area contributed by atoms with E-state index in [4.69, 9.17) is 9.52 Å². The predicted molar refractivity (Wildman–Crippen MR) is 138 cm³/mol. The van der Waals surface area contributed by atoms with Gasteiger partial charge in [-0.25, -0.2) is 0 Å². The van der Waals surface area contributed by atoms with Gasteiger partial charge in [-0.05, 0) is 73.4 Å². The molecule has 4 rings (SSSR count). The second-order valence-corrected chi connectivity index (χ2v) is 8.78. The molecule has 8 nitrogen and oxygen atoms in total. The molecule has 2 atom stereocenters. The van der Waals surface area contributed by atoms with Crippen molar-refractivity contribution in [3.63, 3.8) is 0 Å².